The van der Waals surface area contributed by atoms with Gasteiger partial charge in [-0.1, -0.05) is 85.5 Å². The summed E-state index contributed by atoms with van der Waals surface area (Å²) in [6, 6.07) is 24.7. The lowest BCUT2D eigenvalue weighted by Crippen LogP contribution is -2.29. The lowest BCUT2D eigenvalue weighted by molar-refractivity contribution is -0.140. The number of aliphatic hydroxyl groups excluding tert-OH is 1. The summed E-state index contributed by atoms with van der Waals surface area (Å²) in [6.45, 7) is 4.23. The molecule has 5 heteroatoms. The number of hydrogen-bond donors (Lipinski definition) is 1. The minimum absolute atomic E-state index is 0.0676. The number of carbonyl (C=O) groups is 2. The Balaban J connectivity index is 1.84. The van der Waals surface area contributed by atoms with Gasteiger partial charge in [-0.05, 0) is 23.3 Å². The monoisotopic (exact) mass is 425 g/mol. The highest BCUT2D eigenvalue weighted by Gasteiger charge is 2.46. The number of carbonyl (C=O) groups excluding carboxylic acids is 2. The quantitative estimate of drug-likeness (QED) is 0.254. The highest BCUT2D eigenvalue weighted by molar-refractivity contribution is 6.46. The maximum absolute atomic E-state index is 13.1. The van der Waals surface area contributed by atoms with Crippen molar-refractivity contribution in [2.45, 2.75) is 12.6 Å². The Labute approximate surface area is 186 Å². The molecule has 5 nitrogen and oxygen atoms in total. The molecule has 0 aromatic heterocycles. The highest BCUT2D eigenvalue weighted by Crippen LogP contribution is 2.41. The van der Waals surface area contributed by atoms with E-state index in [1.807, 2.05) is 42.5 Å². The summed E-state index contributed by atoms with van der Waals surface area (Å²) in [4.78, 5) is 27.7. The molecule has 0 bridgehead atoms. The van der Waals surface area contributed by atoms with E-state index in [1.165, 1.54) is 4.90 Å². The maximum Gasteiger partial charge on any atom is 0.295 e. The van der Waals surface area contributed by atoms with Gasteiger partial charge in [0.25, 0.3) is 11.7 Å². The van der Waals surface area contributed by atoms with Crippen molar-refractivity contribution in [2.75, 3.05) is 6.61 Å². The van der Waals surface area contributed by atoms with Crippen LogP contribution in [0, 0.1) is 0 Å². The molecular formula is C27H23NO4. The Bertz CT molecular complexity index is 1170. The Morgan fingerprint density at radius 2 is 1.66 bits per heavy atom. The summed E-state index contributed by atoms with van der Waals surface area (Å²) < 4.78 is 5.66. The first-order valence-corrected chi connectivity index (χ1v) is 10.3. The van der Waals surface area contributed by atoms with Crippen molar-refractivity contribution in [1.82, 2.24) is 4.90 Å². The van der Waals surface area contributed by atoms with Crippen LogP contribution in [0.3, 0.4) is 0 Å². The summed E-state index contributed by atoms with van der Waals surface area (Å²) >= 11 is 0. The molecule has 4 rings (SSSR count). The first-order valence-electron chi connectivity index (χ1n) is 10.3. The number of rotatable bonds is 7. The normalized spacial score (nSPS) is 17.4. The molecule has 0 spiro atoms. The first kappa shape index (κ1) is 21.1. The van der Waals surface area contributed by atoms with Gasteiger partial charge in [-0.2, -0.15) is 0 Å². The van der Waals surface area contributed by atoms with E-state index in [0.29, 0.717) is 23.5 Å². The van der Waals surface area contributed by atoms with Crippen molar-refractivity contribution < 1.29 is 19.4 Å². The van der Waals surface area contributed by atoms with Crippen LogP contribution in [-0.4, -0.2) is 28.3 Å². The number of Topliss-reactive ketones (excluding diaryl/α,β-unsaturated/α-hetero) is 1. The highest BCUT2D eigenvalue weighted by atomic mass is 16.5. The van der Waals surface area contributed by atoms with Crippen molar-refractivity contribution in [2.24, 2.45) is 0 Å². The number of ketones is 1. The van der Waals surface area contributed by atoms with Gasteiger partial charge < -0.3 is 14.7 Å². The van der Waals surface area contributed by atoms with E-state index >= 15 is 0 Å². The van der Waals surface area contributed by atoms with Gasteiger partial charge in [0.2, 0.25) is 0 Å². The minimum Gasteiger partial charge on any atom is -0.507 e. The van der Waals surface area contributed by atoms with Crippen LogP contribution in [0.15, 0.2) is 103 Å². The van der Waals surface area contributed by atoms with Crippen LogP contribution in [0.5, 0.6) is 5.75 Å². The molecule has 1 fully saturated rings. The number of hydrogen-bond acceptors (Lipinski definition) is 4. The van der Waals surface area contributed by atoms with Gasteiger partial charge in [0.05, 0.1) is 11.6 Å². The van der Waals surface area contributed by atoms with Gasteiger partial charge in [-0.25, -0.2) is 0 Å². The van der Waals surface area contributed by atoms with Crippen molar-refractivity contribution in [3.8, 4) is 5.75 Å². The minimum atomic E-state index is -0.748. The molecule has 3 aromatic carbocycles. The maximum atomic E-state index is 13.1. The van der Waals surface area contributed by atoms with Crippen LogP contribution in [-0.2, 0) is 16.1 Å². The van der Waals surface area contributed by atoms with Crippen LogP contribution < -0.4 is 4.74 Å². The van der Waals surface area contributed by atoms with Crippen LogP contribution in [0.2, 0.25) is 0 Å². The van der Waals surface area contributed by atoms with Crippen LogP contribution in [0.4, 0.5) is 0 Å². The molecular weight excluding hydrogens is 402 g/mol. The molecule has 160 valence electrons. The van der Waals surface area contributed by atoms with Crippen molar-refractivity contribution >= 4 is 17.4 Å². The van der Waals surface area contributed by atoms with E-state index in [9.17, 15) is 14.7 Å². The second-order valence-electron chi connectivity index (χ2n) is 7.45. The smallest absolute Gasteiger partial charge is 0.295 e. The van der Waals surface area contributed by atoms with Crippen molar-refractivity contribution in [3.63, 3.8) is 0 Å². The van der Waals surface area contributed by atoms with Gasteiger partial charge in [0.15, 0.2) is 0 Å². The molecule has 1 N–H and O–H groups in total. The molecule has 1 unspecified atom stereocenters. The zero-order valence-corrected chi connectivity index (χ0v) is 17.5. The number of benzene rings is 3. The Kier molecular flexibility index (Phi) is 6.17. The summed E-state index contributed by atoms with van der Waals surface area (Å²) in [7, 11) is 0. The van der Waals surface area contributed by atoms with Gasteiger partial charge in [0, 0.05) is 12.1 Å². The number of likely N-dealkylation sites (tertiary alicyclic amines) is 1. The summed E-state index contributed by atoms with van der Waals surface area (Å²) in [6.07, 6.45) is 1.64. The largest absolute Gasteiger partial charge is 0.507 e. The Morgan fingerprint density at radius 1 is 0.969 bits per heavy atom. The fourth-order valence-electron chi connectivity index (χ4n) is 3.85. The van der Waals surface area contributed by atoms with Crippen molar-refractivity contribution in [3.05, 3.63) is 120 Å². The van der Waals surface area contributed by atoms with E-state index in [0.717, 1.165) is 5.56 Å². The molecule has 1 aliphatic rings. The lowest BCUT2D eigenvalue weighted by Gasteiger charge is -2.26. The molecule has 1 amide bonds. The summed E-state index contributed by atoms with van der Waals surface area (Å²) in [5.41, 5.74) is 2.12. The van der Waals surface area contributed by atoms with E-state index in [-0.39, 0.29) is 17.9 Å². The van der Waals surface area contributed by atoms with Crippen LogP contribution in [0.1, 0.15) is 22.7 Å². The predicted molar refractivity (Wildman–Crippen MR) is 123 cm³/mol. The number of nitrogens with zero attached hydrogens (tertiary/aromatic N) is 1. The molecule has 0 saturated carbocycles. The summed E-state index contributed by atoms with van der Waals surface area (Å²) in [5.74, 6) is -0.951. The van der Waals surface area contributed by atoms with Crippen molar-refractivity contribution in [1.29, 1.82) is 0 Å². The second kappa shape index (κ2) is 9.35. The zero-order chi connectivity index (χ0) is 22.5. The molecule has 1 aliphatic heterocycles. The van der Waals surface area contributed by atoms with Gasteiger partial charge in [-0.15, -0.1) is 0 Å². The number of amides is 1. The van der Waals surface area contributed by atoms with Crippen LogP contribution >= 0.6 is 0 Å². The third kappa shape index (κ3) is 4.18. The first-order chi connectivity index (χ1) is 15.6. The van der Waals surface area contributed by atoms with Gasteiger partial charge >= 0.3 is 0 Å². The van der Waals surface area contributed by atoms with E-state index in [1.54, 1.807) is 48.5 Å². The number of aliphatic hydroxyl groups is 1. The third-order valence-corrected chi connectivity index (χ3v) is 5.32. The average molecular weight is 425 g/mol. The Hall–Kier alpha value is -4.12. The SMILES string of the molecule is C=CCOc1cccc(C2/C(=C(\O)c3ccccc3)C(=O)C(=O)N2Cc2ccccc2)c1. The fourth-order valence-corrected chi connectivity index (χ4v) is 3.85. The molecule has 0 radical (unpaired) electrons. The van der Waals surface area contributed by atoms with E-state index in [4.69, 9.17) is 4.74 Å². The van der Waals surface area contributed by atoms with Gasteiger partial charge in [0.1, 0.15) is 18.1 Å². The zero-order valence-electron chi connectivity index (χ0n) is 17.5. The third-order valence-electron chi connectivity index (χ3n) is 5.32. The molecule has 1 saturated heterocycles. The lowest BCUT2D eigenvalue weighted by atomic mass is 9.95. The molecule has 0 aliphatic carbocycles. The average Bonchev–Trinajstić information content (AvgIpc) is 3.08. The standard InChI is InChI=1S/C27H23NO4/c1-2-16-32-22-15-9-14-21(17-22)24-23(25(29)20-12-7-4-8-13-20)26(30)27(31)28(24)18-19-10-5-3-6-11-19/h2-15,17,24,29H,1,16,18H2/b25-23+. The molecule has 3 aromatic rings. The second-order valence-corrected chi connectivity index (χ2v) is 7.45. The van der Waals surface area contributed by atoms with E-state index in [2.05, 4.69) is 6.58 Å². The predicted octanol–water partition coefficient (Wildman–Crippen LogP) is 4.87. The summed E-state index contributed by atoms with van der Waals surface area (Å²) in [5, 5.41) is 11.1. The Morgan fingerprint density at radius 3 is 2.34 bits per heavy atom. The number of ether oxygens (including phenoxy) is 1. The van der Waals surface area contributed by atoms with Gasteiger partial charge in [-0.3, -0.25) is 9.59 Å². The molecule has 1 atom stereocenters. The van der Waals surface area contributed by atoms with Crippen LogP contribution in [0.25, 0.3) is 5.76 Å². The fraction of sp³-hybridized carbons (Fsp3) is 0.111. The topological polar surface area (TPSA) is 66.8 Å². The molecule has 32 heavy (non-hydrogen) atoms. The van der Waals surface area contributed by atoms with E-state index < -0.39 is 17.7 Å². The molecule has 1 heterocycles.